The van der Waals surface area contributed by atoms with Crippen LogP contribution < -0.4 is 5.56 Å². The van der Waals surface area contributed by atoms with Crippen LogP contribution in [0.4, 0.5) is 0 Å². The van der Waals surface area contributed by atoms with E-state index in [2.05, 4.69) is 20.7 Å². The van der Waals surface area contributed by atoms with Gasteiger partial charge >= 0.3 is 5.97 Å². The summed E-state index contributed by atoms with van der Waals surface area (Å²) in [4.78, 5) is 23.3. The van der Waals surface area contributed by atoms with Gasteiger partial charge < -0.3 is 9.30 Å². The summed E-state index contributed by atoms with van der Waals surface area (Å²) in [6.07, 6.45) is 1.68. The van der Waals surface area contributed by atoms with Crippen molar-refractivity contribution in [3.63, 3.8) is 0 Å². The second-order valence-corrected chi connectivity index (χ2v) is 4.83. The fourth-order valence-electron chi connectivity index (χ4n) is 1.38. The van der Waals surface area contributed by atoms with Crippen molar-refractivity contribution in [1.29, 1.82) is 0 Å². The predicted octanol–water partition coefficient (Wildman–Crippen LogP) is 2.05. The van der Waals surface area contributed by atoms with Gasteiger partial charge in [-0.2, -0.15) is 0 Å². The van der Waals surface area contributed by atoms with E-state index in [0.29, 0.717) is 16.9 Å². The van der Waals surface area contributed by atoms with Crippen LogP contribution in [0.3, 0.4) is 0 Å². The molecular formula is C11H14BrNO3. The topological polar surface area (TPSA) is 48.3 Å². The van der Waals surface area contributed by atoms with E-state index < -0.39 is 5.97 Å². The number of methoxy groups -OCH3 is 1. The molecule has 0 aliphatic rings. The summed E-state index contributed by atoms with van der Waals surface area (Å²) >= 11 is 3.27. The minimum atomic E-state index is -0.608. The van der Waals surface area contributed by atoms with Crippen molar-refractivity contribution in [2.45, 2.75) is 20.4 Å². The first-order chi connectivity index (χ1) is 7.45. The van der Waals surface area contributed by atoms with Crippen molar-refractivity contribution >= 4 is 21.9 Å². The SMILES string of the molecule is COC(=O)c1cc(Br)cn(CC(C)C)c1=O. The summed E-state index contributed by atoms with van der Waals surface area (Å²) in [6.45, 7) is 4.58. The van der Waals surface area contributed by atoms with Crippen LogP contribution in [0.5, 0.6) is 0 Å². The molecule has 0 fully saturated rings. The van der Waals surface area contributed by atoms with Crippen LogP contribution in [-0.4, -0.2) is 17.6 Å². The van der Waals surface area contributed by atoms with E-state index in [1.54, 1.807) is 6.20 Å². The number of esters is 1. The van der Waals surface area contributed by atoms with Gasteiger partial charge in [-0.3, -0.25) is 4.79 Å². The standard InChI is InChI=1S/C11H14BrNO3/c1-7(2)5-13-6-8(12)4-9(10(13)14)11(15)16-3/h4,6-7H,5H2,1-3H3. The minimum Gasteiger partial charge on any atom is -0.465 e. The summed E-state index contributed by atoms with van der Waals surface area (Å²) in [5.41, 5.74) is -0.263. The lowest BCUT2D eigenvalue weighted by Crippen LogP contribution is -2.28. The molecule has 1 aromatic heterocycles. The Hall–Kier alpha value is -1.10. The quantitative estimate of drug-likeness (QED) is 0.800. The van der Waals surface area contributed by atoms with E-state index in [1.807, 2.05) is 13.8 Å². The lowest BCUT2D eigenvalue weighted by atomic mass is 10.2. The van der Waals surface area contributed by atoms with Crippen molar-refractivity contribution in [3.8, 4) is 0 Å². The monoisotopic (exact) mass is 287 g/mol. The first kappa shape index (κ1) is 13.0. The molecule has 0 N–H and O–H groups in total. The Balaban J connectivity index is 3.26. The number of ether oxygens (including phenoxy) is 1. The first-order valence-corrected chi connectivity index (χ1v) is 5.73. The van der Waals surface area contributed by atoms with E-state index in [9.17, 15) is 9.59 Å². The molecule has 0 aliphatic heterocycles. The minimum absolute atomic E-state index is 0.0533. The summed E-state index contributed by atoms with van der Waals surface area (Å²) in [5, 5.41) is 0. The number of halogens is 1. The highest BCUT2D eigenvalue weighted by molar-refractivity contribution is 9.10. The zero-order valence-corrected chi connectivity index (χ0v) is 11.1. The van der Waals surface area contributed by atoms with Gasteiger partial charge in [-0.15, -0.1) is 0 Å². The van der Waals surface area contributed by atoms with Crippen molar-refractivity contribution in [3.05, 3.63) is 32.7 Å². The second kappa shape index (κ2) is 5.30. The van der Waals surface area contributed by atoms with E-state index in [-0.39, 0.29) is 11.1 Å². The number of hydrogen-bond acceptors (Lipinski definition) is 3. The number of nitrogens with zero attached hydrogens (tertiary/aromatic N) is 1. The van der Waals surface area contributed by atoms with Crippen LogP contribution in [0.1, 0.15) is 24.2 Å². The molecule has 0 amide bonds. The fraction of sp³-hybridized carbons (Fsp3) is 0.455. The molecule has 4 nitrogen and oxygen atoms in total. The van der Waals surface area contributed by atoms with E-state index in [1.165, 1.54) is 17.7 Å². The smallest absolute Gasteiger partial charge is 0.343 e. The fourth-order valence-corrected chi connectivity index (χ4v) is 1.86. The molecule has 1 rings (SSSR count). The van der Waals surface area contributed by atoms with Crippen molar-refractivity contribution in [2.24, 2.45) is 5.92 Å². The van der Waals surface area contributed by atoms with Crippen LogP contribution in [0.15, 0.2) is 21.5 Å². The molecule has 16 heavy (non-hydrogen) atoms. The number of pyridine rings is 1. The van der Waals surface area contributed by atoms with E-state index in [4.69, 9.17) is 0 Å². The van der Waals surface area contributed by atoms with Crippen LogP contribution in [0.2, 0.25) is 0 Å². The van der Waals surface area contributed by atoms with Crippen LogP contribution >= 0.6 is 15.9 Å². The van der Waals surface area contributed by atoms with Crippen molar-refractivity contribution < 1.29 is 9.53 Å². The third kappa shape index (κ3) is 2.95. The molecule has 88 valence electrons. The van der Waals surface area contributed by atoms with Gasteiger partial charge in [0.1, 0.15) is 5.56 Å². The van der Waals surface area contributed by atoms with Gasteiger partial charge in [0.25, 0.3) is 5.56 Å². The van der Waals surface area contributed by atoms with Gasteiger partial charge in [0, 0.05) is 17.2 Å². The third-order valence-electron chi connectivity index (χ3n) is 2.02. The zero-order chi connectivity index (χ0) is 12.3. The maximum absolute atomic E-state index is 11.9. The molecule has 5 heteroatoms. The lowest BCUT2D eigenvalue weighted by Gasteiger charge is -2.10. The number of rotatable bonds is 3. The molecule has 0 saturated carbocycles. The molecule has 0 saturated heterocycles. The molecule has 0 unspecified atom stereocenters. The maximum Gasteiger partial charge on any atom is 0.343 e. The maximum atomic E-state index is 11.9. The average Bonchev–Trinajstić information content (AvgIpc) is 2.21. The molecule has 0 bridgehead atoms. The Bertz CT molecular complexity index is 451. The summed E-state index contributed by atoms with van der Waals surface area (Å²) in [7, 11) is 1.26. The van der Waals surface area contributed by atoms with Gasteiger partial charge in [0.15, 0.2) is 0 Å². The molecule has 1 aromatic rings. The van der Waals surface area contributed by atoms with Gasteiger partial charge in [-0.05, 0) is 27.9 Å². The highest BCUT2D eigenvalue weighted by atomic mass is 79.9. The molecule has 0 aromatic carbocycles. The molecule has 0 spiro atoms. The predicted molar refractivity (Wildman–Crippen MR) is 64.6 cm³/mol. The number of hydrogen-bond donors (Lipinski definition) is 0. The zero-order valence-electron chi connectivity index (χ0n) is 9.49. The summed E-state index contributed by atoms with van der Waals surface area (Å²) < 4.78 is 6.76. The highest BCUT2D eigenvalue weighted by Gasteiger charge is 2.14. The van der Waals surface area contributed by atoms with E-state index in [0.717, 1.165) is 0 Å². The number of carbonyl (C=O) groups is 1. The molecule has 0 atom stereocenters. The number of carbonyl (C=O) groups excluding carboxylic acids is 1. The van der Waals surface area contributed by atoms with Gasteiger partial charge in [-0.1, -0.05) is 13.8 Å². The average molecular weight is 288 g/mol. The highest BCUT2D eigenvalue weighted by Crippen LogP contribution is 2.10. The van der Waals surface area contributed by atoms with Crippen molar-refractivity contribution in [1.82, 2.24) is 4.57 Å². The van der Waals surface area contributed by atoms with Crippen LogP contribution in [0.25, 0.3) is 0 Å². The van der Waals surface area contributed by atoms with Crippen molar-refractivity contribution in [2.75, 3.05) is 7.11 Å². The van der Waals surface area contributed by atoms with Gasteiger partial charge in [0.2, 0.25) is 0 Å². The summed E-state index contributed by atoms with van der Waals surface area (Å²) in [5.74, 6) is -0.277. The molecule has 0 aliphatic carbocycles. The lowest BCUT2D eigenvalue weighted by molar-refractivity contribution is 0.0597. The Morgan fingerprint density at radius 1 is 1.56 bits per heavy atom. The van der Waals surface area contributed by atoms with Crippen LogP contribution in [-0.2, 0) is 11.3 Å². The Morgan fingerprint density at radius 2 is 2.19 bits per heavy atom. The number of aromatic nitrogens is 1. The first-order valence-electron chi connectivity index (χ1n) is 4.94. The largest absolute Gasteiger partial charge is 0.465 e. The van der Waals surface area contributed by atoms with E-state index >= 15 is 0 Å². The van der Waals surface area contributed by atoms with Crippen LogP contribution in [0, 0.1) is 5.92 Å². The summed E-state index contributed by atoms with van der Waals surface area (Å²) in [6, 6.07) is 1.48. The molecule has 1 heterocycles. The van der Waals surface area contributed by atoms with Gasteiger partial charge in [-0.25, -0.2) is 4.79 Å². The third-order valence-corrected chi connectivity index (χ3v) is 2.45. The molecule has 0 radical (unpaired) electrons. The normalized spacial score (nSPS) is 10.6. The Morgan fingerprint density at radius 3 is 2.69 bits per heavy atom. The van der Waals surface area contributed by atoms with Gasteiger partial charge in [0.05, 0.1) is 7.11 Å². The molecular weight excluding hydrogens is 274 g/mol. The second-order valence-electron chi connectivity index (χ2n) is 3.91. The Labute approximate surface area is 102 Å². The Kier molecular flexibility index (Phi) is 4.29.